The van der Waals surface area contributed by atoms with Gasteiger partial charge < -0.3 is 10.5 Å². The largest absolute Gasteiger partial charge is 0.496 e. The summed E-state index contributed by atoms with van der Waals surface area (Å²) in [6.45, 7) is 0.329. The minimum atomic E-state index is -0.485. The van der Waals surface area contributed by atoms with E-state index in [2.05, 4.69) is 20.6 Å². The van der Waals surface area contributed by atoms with E-state index in [4.69, 9.17) is 10.5 Å². The molecule has 0 aliphatic rings. The summed E-state index contributed by atoms with van der Waals surface area (Å²) in [5.41, 5.74) is 9.92. The molecule has 0 unspecified atom stereocenters. The van der Waals surface area contributed by atoms with Crippen molar-refractivity contribution in [2.75, 3.05) is 18.3 Å². The fourth-order valence-corrected chi connectivity index (χ4v) is 2.76. The molecule has 0 saturated carbocycles. The molecule has 2 aromatic heterocycles. The molecule has 134 valence electrons. The number of nitro groups is 1. The third kappa shape index (κ3) is 4.13. The van der Waals surface area contributed by atoms with Gasteiger partial charge in [-0.05, 0) is 23.8 Å². The lowest BCUT2D eigenvalue weighted by atomic mass is 10.1. The van der Waals surface area contributed by atoms with Crippen molar-refractivity contribution in [1.29, 1.82) is 0 Å². The quantitative estimate of drug-likeness (QED) is 0.369. The first-order valence-corrected chi connectivity index (χ1v) is 8.27. The zero-order valence-corrected chi connectivity index (χ0v) is 14.5. The minimum absolute atomic E-state index is 0.0615. The molecule has 0 fully saturated rings. The smallest absolute Gasteiger partial charge is 0.307 e. The number of benzene rings is 1. The van der Waals surface area contributed by atoms with Crippen LogP contribution in [-0.4, -0.2) is 33.0 Å². The fourth-order valence-electron chi connectivity index (χ4n) is 2.21. The molecule has 1 aromatic carbocycles. The van der Waals surface area contributed by atoms with Gasteiger partial charge in [0.2, 0.25) is 5.13 Å². The predicted molar refractivity (Wildman–Crippen MR) is 98.7 cm³/mol. The highest BCUT2D eigenvalue weighted by Gasteiger charge is 2.11. The molecule has 0 aliphatic carbocycles. The van der Waals surface area contributed by atoms with Gasteiger partial charge in [0.05, 0.1) is 24.8 Å². The molecular formula is C15H15N7O3S. The van der Waals surface area contributed by atoms with E-state index in [1.807, 2.05) is 12.1 Å². The topological polar surface area (TPSA) is 133 Å². The Labute approximate surface area is 152 Å². The maximum atomic E-state index is 10.8. The van der Waals surface area contributed by atoms with E-state index in [9.17, 15) is 10.1 Å². The van der Waals surface area contributed by atoms with Crippen LogP contribution < -0.4 is 15.9 Å². The van der Waals surface area contributed by atoms with Crippen molar-refractivity contribution < 1.29 is 9.66 Å². The number of hydrogen-bond acceptors (Lipinski definition) is 9. The van der Waals surface area contributed by atoms with E-state index < -0.39 is 4.92 Å². The number of nitrogens with one attached hydrogen (secondary N) is 1. The number of thiazole rings is 1. The highest BCUT2D eigenvalue weighted by Crippen LogP contribution is 2.21. The lowest BCUT2D eigenvalue weighted by molar-refractivity contribution is -0.385. The number of nitrogen functional groups attached to an aromatic ring is 1. The molecule has 0 aliphatic heterocycles. The molecule has 3 rings (SSSR count). The van der Waals surface area contributed by atoms with Crippen molar-refractivity contribution in [2.45, 2.75) is 6.54 Å². The zero-order valence-electron chi connectivity index (χ0n) is 13.7. The number of hydrogen-bond donors (Lipinski definition) is 2. The average molecular weight is 373 g/mol. The Balaban J connectivity index is 1.75. The maximum Gasteiger partial charge on any atom is 0.307 e. The normalized spacial score (nSPS) is 11.0. The summed E-state index contributed by atoms with van der Waals surface area (Å²) in [5, 5.41) is 21.2. The van der Waals surface area contributed by atoms with E-state index in [-0.39, 0.29) is 5.69 Å². The number of ether oxygens (including phenoxy) is 1. The summed E-state index contributed by atoms with van der Waals surface area (Å²) in [6, 6.07) is 5.51. The second-order valence-electron chi connectivity index (χ2n) is 5.17. The van der Waals surface area contributed by atoms with Crippen LogP contribution in [-0.2, 0) is 6.54 Å². The van der Waals surface area contributed by atoms with Gasteiger partial charge in [0.25, 0.3) is 0 Å². The molecule has 2 heterocycles. The van der Waals surface area contributed by atoms with Gasteiger partial charge in [0, 0.05) is 10.9 Å². The maximum absolute atomic E-state index is 10.8. The Morgan fingerprint density at radius 3 is 3.04 bits per heavy atom. The van der Waals surface area contributed by atoms with Gasteiger partial charge in [-0.15, -0.1) is 11.3 Å². The Kier molecular flexibility index (Phi) is 5.08. The van der Waals surface area contributed by atoms with Crippen LogP contribution in [0.1, 0.15) is 11.1 Å². The number of anilines is 2. The molecular weight excluding hydrogens is 358 g/mol. The van der Waals surface area contributed by atoms with Crippen LogP contribution in [0.15, 0.2) is 41.1 Å². The van der Waals surface area contributed by atoms with Crippen LogP contribution in [0.25, 0.3) is 0 Å². The molecule has 11 heteroatoms. The number of nitrogens with two attached hydrogens (primary N) is 1. The average Bonchev–Trinajstić information content (AvgIpc) is 3.24. The number of aromatic nitrogens is 3. The lowest BCUT2D eigenvalue weighted by Gasteiger charge is -2.09. The summed E-state index contributed by atoms with van der Waals surface area (Å²) >= 11 is 1.35. The SMILES string of the molecule is COc1ccc(C=NNc2nc(N)cs2)cc1Cn1cc([N+](=O)[O-])cn1. The van der Waals surface area contributed by atoms with Crippen molar-refractivity contribution in [1.82, 2.24) is 14.8 Å². The zero-order chi connectivity index (χ0) is 18.5. The lowest BCUT2D eigenvalue weighted by Crippen LogP contribution is -2.03. The van der Waals surface area contributed by atoms with E-state index in [0.29, 0.717) is 23.2 Å². The third-order valence-corrected chi connectivity index (χ3v) is 4.13. The molecule has 0 spiro atoms. The highest BCUT2D eigenvalue weighted by atomic mass is 32.1. The summed E-state index contributed by atoms with van der Waals surface area (Å²) in [6.07, 6.45) is 4.21. The van der Waals surface area contributed by atoms with Crippen molar-refractivity contribution >= 4 is 34.2 Å². The first-order chi connectivity index (χ1) is 12.5. The second kappa shape index (κ2) is 7.61. The van der Waals surface area contributed by atoms with Gasteiger partial charge in [-0.2, -0.15) is 10.2 Å². The molecule has 0 bridgehead atoms. The van der Waals surface area contributed by atoms with Crippen molar-refractivity contribution in [2.24, 2.45) is 5.10 Å². The predicted octanol–water partition coefficient (Wildman–Crippen LogP) is 2.33. The van der Waals surface area contributed by atoms with E-state index in [1.54, 1.807) is 24.8 Å². The molecule has 0 atom stereocenters. The van der Waals surface area contributed by atoms with Crippen molar-refractivity contribution in [3.63, 3.8) is 0 Å². The van der Waals surface area contributed by atoms with Gasteiger partial charge in [-0.25, -0.2) is 4.98 Å². The van der Waals surface area contributed by atoms with Gasteiger partial charge in [-0.1, -0.05) is 0 Å². The van der Waals surface area contributed by atoms with Gasteiger partial charge in [-0.3, -0.25) is 20.2 Å². The standard InChI is InChI=1S/C15H15N7O3S/c1-25-13-3-2-10(5-17-20-15-19-14(16)9-26-15)4-11(13)7-21-8-12(6-18-21)22(23)24/h2-6,8-9H,7,16H2,1H3,(H,19,20). The first kappa shape index (κ1) is 17.4. The summed E-state index contributed by atoms with van der Waals surface area (Å²) in [7, 11) is 1.56. The van der Waals surface area contributed by atoms with E-state index in [0.717, 1.165) is 11.1 Å². The molecule has 3 aromatic rings. The van der Waals surface area contributed by atoms with Crippen LogP contribution in [0.4, 0.5) is 16.6 Å². The van der Waals surface area contributed by atoms with Crippen LogP contribution >= 0.6 is 11.3 Å². The van der Waals surface area contributed by atoms with Crippen molar-refractivity contribution in [3.05, 3.63) is 57.2 Å². The summed E-state index contributed by atoms with van der Waals surface area (Å²) < 4.78 is 6.83. The minimum Gasteiger partial charge on any atom is -0.496 e. The Bertz CT molecular complexity index is 950. The van der Waals surface area contributed by atoms with Crippen LogP contribution in [0, 0.1) is 10.1 Å². The van der Waals surface area contributed by atoms with Crippen LogP contribution in [0.3, 0.4) is 0 Å². The summed E-state index contributed by atoms with van der Waals surface area (Å²) in [4.78, 5) is 14.3. The highest BCUT2D eigenvalue weighted by molar-refractivity contribution is 7.14. The van der Waals surface area contributed by atoms with Crippen molar-refractivity contribution in [3.8, 4) is 5.75 Å². The number of hydrazone groups is 1. The molecule has 0 saturated heterocycles. The third-order valence-electron chi connectivity index (χ3n) is 3.36. The number of methoxy groups -OCH3 is 1. The molecule has 0 amide bonds. The first-order valence-electron chi connectivity index (χ1n) is 7.39. The Morgan fingerprint density at radius 1 is 1.54 bits per heavy atom. The fraction of sp³-hybridized carbons (Fsp3) is 0.133. The molecule has 3 N–H and O–H groups in total. The molecule has 10 nitrogen and oxygen atoms in total. The second-order valence-corrected chi connectivity index (χ2v) is 6.03. The summed E-state index contributed by atoms with van der Waals surface area (Å²) in [5.74, 6) is 1.09. The Morgan fingerprint density at radius 2 is 2.38 bits per heavy atom. The number of nitrogens with zero attached hydrogens (tertiary/aromatic N) is 5. The van der Waals surface area contributed by atoms with Gasteiger partial charge >= 0.3 is 5.69 Å². The number of rotatable bonds is 7. The van der Waals surface area contributed by atoms with Crippen LogP contribution in [0.2, 0.25) is 0 Å². The monoisotopic (exact) mass is 373 g/mol. The van der Waals surface area contributed by atoms with E-state index in [1.165, 1.54) is 28.4 Å². The molecule has 0 radical (unpaired) electrons. The van der Waals surface area contributed by atoms with Gasteiger partial charge in [0.15, 0.2) is 0 Å². The van der Waals surface area contributed by atoms with Gasteiger partial charge in [0.1, 0.15) is 24.0 Å². The van der Waals surface area contributed by atoms with E-state index >= 15 is 0 Å². The Hall–Kier alpha value is -3.47. The van der Waals surface area contributed by atoms with Crippen LogP contribution in [0.5, 0.6) is 5.75 Å². The molecule has 26 heavy (non-hydrogen) atoms.